The van der Waals surface area contributed by atoms with Crippen LogP contribution in [0.1, 0.15) is 42.9 Å². The summed E-state index contributed by atoms with van der Waals surface area (Å²) >= 11 is 6.33. The Balaban J connectivity index is 0.00000180. The summed E-state index contributed by atoms with van der Waals surface area (Å²) in [5, 5.41) is 0.733. The maximum atomic E-state index is 6.33. The standard InChI is InChI=1S/C15H22ClNO.ClH/c1-3-11(17)8-10-9-14(16)15(18-2)13-7-5-4-6-12(10)13;/h9,11H,3-8,17H2,1-2H3;1H. The van der Waals surface area contributed by atoms with E-state index in [1.54, 1.807) is 7.11 Å². The van der Waals surface area contributed by atoms with Gasteiger partial charge in [0.15, 0.2) is 0 Å². The van der Waals surface area contributed by atoms with Gasteiger partial charge in [0, 0.05) is 6.04 Å². The number of nitrogens with two attached hydrogens (primary N) is 1. The normalized spacial score (nSPS) is 15.4. The molecule has 0 saturated carbocycles. The first kappa shape index (κ1) is 16.6. The molecule has 4 heteroatoms. The van der Waals surface area contributed by atoms with Crippen molar-refractivity contribution in [1.29, 1.82) is 0 Å². The number of fused-ring (bicyclic) bond motifs is 1. The Morgan fingerprint density at radius 2 is 1.95 bits per heavy atom. The minimum atomic E-state index is 0. The SMILES string of the molecule is CCC(N)Cc1cc(Cl)c(OC)c2c1CCCC2.Cl. The second-order valence-corrected chi connectivity index (χ2v) is 5.49. The largest absolute Gasteiger partial charge is 0.495 e. The van der Waals surface area contributed by atoms with E-state index in [9.17, 15) is 0 Å². The lowest BCUT2D eigenvalue weighted by atomic mass is 9.85. The van der Waals surface area contributed by atoms with Crippen molar-refractivity contribution >= 4 is 24.0 Å². The lowest BCUT2D eigenvalue weighted by Gasteiger charge is -2.24. The summed E-state index contributed by atoms with van der Waals surface area (Å²) in [7, 11) is 1.70. The van der Waals surface area contributed by atoms with Crippen molar-refractivity contribution in [2.75, 3.05) is 7.11 Å². The Morgan fingerprint density at radius 1 is 1.32 bits per heavy atom. The molecule has 1 aromatic carbocycles. The zero-order valence-electron chi connectivity index (χ0n) is 11.7. The summed E-state index contributed by atoms with van der Waals surface area (Å²) < 4.78 is 5.47. The molecule has 1 atom stereocenters. The van der Waals surface area contributed by atoms with Crippen molar-refractivity contribution in [3.8, 4) is 5.75 Å². The van der Waals surface area contributed by atoms with Crippen molar-refractivity contribution in [3.05, 3.63) is 27.8 Å². The summed E-state index contributed by atoms with van der Waals surface area (Å²) in [6.07, 6.45) is 6.61. The second-order valence-electron chi connectivity index (χ2n) is 5.09. The monoisotopic (exact) mass is 303 g/mol. The topological polar surface area (TPSA) is 35.2 Å². The van der Waals surface area contributed by atoms with Gasteiger partial charge in [0.1, 0.15) is 5.75 Å². The molecule has 108 valence electrons. The molecule has 1 aliphatic carbocycles. The Kier molecular flexibility index (Phi) is 6.45. The third-order valence-corrected chi connectivity index (χ3v) is 4.14. The first-order valence-corrected chi connectivity index (χ1v) is 7.17. The molecule has 0 heterocycles. The maximum absolute atomic E-state index is 6.33. The van der Waals surface area contributed by atoms with Crippen LogP contribution in [-0.4, -0.2) is 13.2 Å². The summed E-state index contributed by atoms with van der Waals surface area (Å²) in [4.78, 5) is 0. The molecular weight excluding hydrogens is 281 g/mol. The number of ether oxygens (including phenoxy) is 1. The second kappa shape index (κ2) is 7.37. The Bertz CT molecular complexity index is 435. The molecule has 2 nitrogen and oxygen atoms in total. The van der Waals surface area contributed by atoms with Gasteiger partial charge in [0.25, 0.3) is 0 Å². The molecule has 0 aliphatic heterocycles. The number of benzene rings is 1. The van der Waals surface area contributed by atoms with Gasteiger partial charge in [-0.15, -0.1) is 12.4 Å². The minimum Gasteiger partial charge on any atom is -0.495 e. The molecular formula is C15H23Cl2NO. The van der Waals surface area contributed by atoms with Crippen LogP contribution in [0.5, 0.6) is 5.75 Å². The van der Waals surface area contributed by atoms with E-state index < -0.39 is 0 Å². The molecule has 0 bridgehead atoms. The summed E-state index contributed by atoms with van der Waals surface area (Å²) in [5.74, 6) is 0.875. The molecule has 1 aliphatic rings. The zero-order chi connectivity index (χ0) is 13.1. The van der Waals surface area contributed by atoms with E-state index in [4.69, 9.17) is 22.1 Å². The fourth-order valence-electron chi connectivity index (χ4n) is 2.79. The number of hydrogen-bond donors (Lipinski definition) is 1. The van der Waals surface area contributed by atoms with Crippen LogP contribution in [0.2, 0.25) is 5.02 Å². The third kappa shape index (κ3) is 3.56. The van der Waals surface area contributed by atoms with Crippen LogP contribution in [0.4, 0.5) is 0 Å². The maximum Gasteiger partial charge on any atom is 0.140 e. The van der Waals surface area contributed by atoms with E-state index in [1.807, 2.05) is 0 Å². The quantitative estimate of drug-likeness (QED) is 0.914. The zero-order valence-corrected chi connectivity index (χ0v) is 13.2. The van der Waals surface area contributed by atoms with E-state index in [0.717, 1.165) is 36.5 Å². The molecule has 1 unspecified atom stereocenters. The summed E-state index contributed by atoms with van der Waals surface area (Å²) in [5.41, 5.74) is 10.2. The van der Waals surface area contributed by atoms with Gasteiger partial charge in [0.2, 0.25) is 0 Å². The third-order valence-electron chi connectivity index (χ3n) is 3.86. The van der Waals surface area contributed by atoms with Crippen LogP contribution in [0.3, 0.4) is 0 Å². The van der Waals surface area contributed by atoms with Crippen molar-refractivity contribution in [3.63, 3.8) is 0 Å². The lowest BCUT2D eigenvalue weighted by molar-refractivity contribution is 0.406. The van der Waals surface area contributed by atoms with Crippen LogP contribution in [0.25, 0.3) is 0 Å². The predicted octanol–water partition coefficient (Wildman–Crippen LogP) is 3.93. The van der Waals surface area contributed by atoms with Crippen LogP contribution in [0, 0.1) is 0 Å². The van der Waals surface area contributed by atoms with Crippen molar-refractivity contribution in [2.24, 2.45) is 5.73 Å². The van der Waals surface area contributed by atoms with Gasteiger partial charge >= 0.3 is 0 Å². The van der Waals surface area contributed by atoms with Crippen LogP contribution in [0.15, 0.2) is 6.07 Å². The van der Waals surface area contributed by atoms with Crippen molar-refractivity contribution in [2.45, 2.75) is 51.5 Å². The molecule has 0 amide bonds. The van der Waals surface area contributed by atoms with E-state index in [0.29, 0.717) is 0 Å². The molecule has 0 radical (unpaired) electrons. The fourth-order valence-corrected chi connectivity index (χ4v) is 3.11. The van der Waals surface area contributed by atoms with E-state index >= 15 is 0 Å². The Labute approximate surface area is 127 Å². The average Bonchev–Trinajstić information content (AvgIpc) is 2.39. The summed E-state index contributed by atoms with van der Waals surface area (Å²) in [6, 6.07) is 2.28. The Hall–Kier alpha value is -0.440. The van der Waals surface area contributed by atoms with E-state index in [1.165, 1.54) is 29.5 Å². The smallest absolute Gasteiger partial charge is 0.140 e. The molecule has 1 aromatic rings. The number of hydrogen-bond acceptors (Lipinski definition) is 2. The number of halogens is 2. The molecule has 2 N–H and O–H groups in total. The molecule has 19 heavy (non-hydrogen) atoms. The number of methoxy groups -OCH3 is 1. The highest BCUT2D eigenvalue weighted by Gasteiger charge is 2.21. The average molecular weight is 304 g/mol. The number of rotatable bonds is 4. The Morgan fingerprint density at radius 3 is 2.53 bits per heavy atom. The first-order valence-electron chi connectivity index (χ1n) is 6.80. The van der Waals surface area contributed by atoms with Gasteiger partial charge in [0.05, 0.1) is 12.1 Å². The molecule has 2 rings (SSSR count). The highest BCUT2D eigenvalue weighted by atomic mass is 35.5. The van der Waals surface area contributed by atoms with E-state index in [2.05, 4.69) is 13.0 Å². The van der Waals surface area contributed by atoms with Gasteiger partial charge in [-0.1, -0.05) is 18.5 Å². The highest BCUT2D eigenvalue weighted by molar-refractivity contribution is 6.32. The van der Waals surface area contributed by atoms with Crippen molar-refractivity contribution < 1.29 is 4.74 Å². The van der Waals surface area contributed by atoms with Crippen molar-refractivity contribution in [1.82, 2.24) is 0 Å². The van der Waals surface area contributed by atoms with Gasteiger partial charge in [-0.25, -0.2) is 0 Å². The van der Waals surface area contributed by atoms with Gasteiger partial charge in [-0.05, 0) is 61.3 Å². The minimum absolute atomic E-state index is 0. The van der Waals surface area contributed by atoms with Gasteiger partial charge in [-0.2, -0.15) is 0 Å². The fraction of sp³-hybridized carbons (Fsp3) is 0.600. The van der Waals surface area contributed by atoms with Crippen LogP contribution < -0.4 is 10.5 Å². The molecule has 0 fully saturated rings. The van der Waals surface area contributed by atoms with Crippen LogP contribution >= 0.6 is 24.0 Å². The van der Waals surface area contributed by atoms with E-state index in [-0.39, 0.29) is 18.4 Å². The molecule has 0 saturated heterocycles. The van der Waals surface area contributed by atoms with Gasteiger partial charge in [-0.3, -0.25) is 0 Å². The lowest BCUT2D eigenvalue weighted by Crippen LogP contribution is -2.23. The van der Waals surface area contributed by atoms with Crippen LogP contribution in [-0.2, 0) is 19.3 Å². The highest BCUT2D eigenvalue weighted by Crippen LogP contribution is 2.38. The summed E-state index contributed by atoms with van der Waals surface area (Å²) in [6.45, 7) is 2.13. The molecule has 0 aromatic heterocycles. The predicted molar refractivity (Wildman–Crippen MR) is 83.9 cm³/mol. The first-order chi connectivity index (χ1) is 8.67. The van der Waals surface area contributed by atoms with Gasteiger partial charge < -0.3 is 10.5 Å². The molecule has 0 spiro atoms.